The lowest BCUT2D eigenvalue weighted by Gasteiger charge is -2.45. The van der Waals surface area contributed by atoms with Crippen LogP contribution in [0.5, 0.6) is 5.75 Å². The van der Waals surface area contributed by atoms with Gasteiger partial charge in [-0.05, 0) is 73.8 Å². The summed E-state index contributed by atoms with van der Waals surface area (Å²) in [6, 6.07) is 19.9. The van der Waals surface area contributed by atoms with Gasteiger partial charge in [0, 0.05) is 37.0 Å². The van der Waals surface area contributed by atoms with Crippen LogP contribution in [0.25, 0.3) is 0 Å². The molecule has 14 nitrogen and oxygen atoms in total. The number of morpholine rings is 1. The quantitative estimate of drug-likeness (QED) is 0.0575. The number of cyclic esters (lactones) is 1. The summed E-state index contributed by atoms with van der Waals surface area (Å²) < 4.78 is 43.3. The number of hydrogen-bond acceptors (Lipinski definition) is 13. The number of benzene rings is 2. The lowest BCUT2D eigenvalue weighted by molar-refractivity contribution is -0.938. The van der Waals surface area contributed by atoms with Crippen molar-refractivity contribution >= 4 is 56.1 Å². The van der Waals surface area contributed by atoms with E-state index in [1.807, 2.05) is 67.9 Å². The van der Waals surface area contributed by atoms with Gasteiger partial charge >= 0.3 is 12.1 Å². The molecule has 0 spiro atoms. The number of aliphatic hydroxyl groups is 2. The van der Waals surface area contributed by atoms with Crippen molar-refractivity contribution in [2.24, 2.45) is 0 Å². The molecule has 2 aromatic heterocycles. The van der Waals surface area contributed by atoms with Crippen molar-refractivity contribution in [2.75, 3.05) is 43.1 Å². The van der Waals surface area contributed by atoms with Gasteiger partial charge in [0.25, 0.3) is 0 Å². The van der Waals surface area contributed by atoms with Crippen LogP contribution in [0, 0.1) is 0 Å². The van der Waals surface area contributed by atoms with Gasteiger partial charge in [0.2, 0.25) is 15.6 Å². The highest BCUT2D eigenvalue weighted by atomic mass is 35.5. The number of esters is 1. The van der Waals surface area contributed by atoms with Crippen molar-refractivity contribution in [3.05, 3.63) is 98.4 Å². The molecule has 60 heavy (non-hydrogen) atoms. The zero-order valence-corrected chi connectivity index (χ0v) is 37.5. The molecule has 8 rings (SSSR count). The highest BCUT2D eigenvalue weighted by molar-refractivity contribution is 7.92. The number of aromatic hydroxyl groups is 1. The number of thiophene rings is 2. The van der Waals surface area contributed by atoms with Gasteiger partial charge in [0.1, 0.15) is 42.2 Å². The van der Waals surface area contributed by atoms with Crippen LogP contribution in [0.2, 0.25) is 0 Å². The monoisotopic (exact) mass is 904 g/mol. The van der Waals surface area contributed by atoms with Gasteiger partial charge in [-0.1, -0.05) is 36.4 Å². The molecule has 326 valence electrons. The molecule has 3 fully saturated rings. The topological polar surface area (TPSA) is 187 Å². The normalized spacial score (nSPS) is 24.4. The molecule has 1 amide bonds. The second-order valence-electron chi connectivity index (χ2n) is 16.9. The van der Waals surface area contributed by atoms with Crippen molar-refractivity contribution in [2.45, 2.75) is 93.8 Å². The molecule has 7 atom stereocenters. The number of nitrogens with one attached hydrogen (secondary N) is 2. The molecule has 4 aromatic rings. The number of epoxide rings is 1. The van der Waals surface area contributed by atoms with Crippen LogP contribution in [0.3, 0.4) is 0 Å². The zero-order chi connectivity index (χ0) is 42.5. The van der Waals surface area contributed by atoms with Gasteiger partial charge in [-0.2, -0.15) is 0 Å². The molecule has 0 radical (unpaired) electrons. The first-order chi connectivity index (χ1) is 27.8. The lowest BCUT2D eigenvalue weighted by Crippen LogP contribution is -3.00. The van der Waals surface area contributed by atoms with E-state index in [0.717, 1.165) is 34.8 Å². The smallest absolute Gasteiger partial charge is 0.414 e. The van der Waals surface area contributed by atoms with E-state index < -0.39 is 33.2 Å². The van der Waals surface area contributed by atoms with E-state index in [9.17, 15) is 33.3 Å². The number of carbonyl (C=O) groups is 2. The average molecular weight is 906 g/mol. The molecular weight excluding hydrogens is 852 g/mol. The predicted molar refractivity (Wildman–Crippen MR) is 226 cm³/mol. The number of nitrogens with zero attached hydrogens (tertiary/aromatic N) is 2. The summed E-state index contributed by atoms with van der Waals surface area (Å²) in [5.41, 5.74) is 0.109. The maximum absolute atomic E-state index is 13.1. The van der Waals surface area contributed by atoms with Gasteiger partial charge in [0.05, 0.1) is 47.6 Å². The second kappa shape index (κ2) is 17.5. The SMILES string of the molecule is CC1OC(=O)N(CCC(C)(C)NCC(O)c2ccc(O)c(NS(C)(=O)=O)c2)c2ccccc21.C[N+]1(C)[C@@H]2CC(OC(=O)C(O)(c3cccs3)c3cccs3)C[C@H]1[C@@H]1O[C@@H]12.[Cl-]. The van der Waals surface area contributed by atoms with Crippen LogP contribution < -0.4 is 27.3 Å². The van der Waals surface area contributed by atoms with Gasteiger partial charge in [-0.3, -0.25) is 9.62 Å². The van der Waals surface area contributed by atoms with Crippen LogP contribution in [-0.4, -0.2) is 110 Å². The number of β-amino-alcohol motifs (C(OH)–C–C–N with tert-alkyl or cyclic N) is 1. The van der Waals surface area contributed by atoms with E-state index >= 15 is 0 Å². The minimum Gasteiger partial charge on any atom is -1.00 e. The summed E-state index contributed by atoms with van der Waals surface area (Å²) >= 11 is 2.74. The minimum absolute atomic E-state index is 0. The standard InChI is InChI=1S/C23H31N3O6S.C19H22NO4S2.ClH/c1-15-17-7-5-6-8-19(17)26(22(29)32-15)12-11-23(2,3)24-14-21(28)16-9-10-20(27)18(13-16)25-33(4,30)31;1-20(2)12-9-11(10-13(20)17-16(12)24-17)23-18(21)19(22,14-5-3-7-25-14)15-6-4-8-26-15;/h5-10,13,15,21,24-25,27-28H,11-12,14H2,1-4H3;3-8,11-13,16-17,22H,9-10H2,1-2H3;1H/q;+1;/p-1/t;11?,12-,13+,16-,17+;. The molecule has 4 aliphatic rings. The van der Waals surface area contributed by atoms with Gasteiger partial charge < -0.3 is 51.7 Å². The maximum Gasteiger partial charge on any atom is 0.414 e. The Hall–Kier alpha value is -3.78. The first kappa shape index (κ1) is 45.7. The fraction of sp³-hybridized carbons (Fsp3) is 0.476. The maximum atomic E-state index is 13.1. The van der Waals surface area contributed by atoms with E-state index in [2.05, 4.69) is 24.1 Å². The third kappa shape index (κ3) is 9.49. The average Bonchev–Trinajstić information content (AvgIpc) is 3.46. The summed E-state index contributed by atoms with van der Waals surface area (Å²) in [5, 5.41) is 38.9. The van der Waals surface area contributed by atoms with Crippen LogP contribution >= 0.6 is 22.7 Å². The first-order valence-electron chi connectivity index (χ1n) is 19.6. The number of ether oxygens (including phenoxy) is 3. The number of phenolic OH excluding ortho intramolecular Hbond substituents is 1. The summed E-state index contributed by atoms with van der Waals surface area (Å²) in [7, 11) is 0.918. The molecule has 2 aromatic carbocycles. The molecular formula is C42H53ClN4O10S3. The molecule has 18 heteroatoms. The first-order valence-corrected chi connectivity index (χ1v) is 23.2. The van der Waals surface area contributed by atoms with Crippen molar-refractivity contribution in [3.63, 3.8) is 0 Å². The Labute approximate surface area is 365 Å². The number of rotatable bonds is 13. The van der Waals surface area contributed by atoms with Crippen LogP contribution in [0.1, 0.15) is 73.1 Å². The fourth-order valence-corrected chi connectivity index (χ4v) is 10.8. The number of anilines is 2. The van der Waals surface area contributed by atoms with E-state index in [-0.39, 0.29) is 48.7 Å². The van der Waals surface area contributed by atoms with Gasteiger partial charge in [0.15, 0.2) is 0 Å². The number of phenols is 1. The molecule has 6 heterocycles. The van der Waals surface area contributed by atoms with Crippen LogP contribution in [-0.2, 0) is 34.6 Å². The lowest BCUT2D eigenvalue weighted by atomic mass is 9.95. The van der Waals surface area contributed by atoms with Crippen LogP contribution in [0.4, 0.5) is 16.2 Å². The highest BCUT2D eigenvalue weighted by Crippen LogP contribution is 2.52. The Kier molecular flexibility index (Phi) is 13.4. The summed E-state index contributed by atoms with van der Waals surface area (Å²) in [5.74, 6) is -0.790. The van der Waals surface area contributed by atoms with E-state index in [1.54, 1.807) is 17.0 Å². The summed E-state index contributed by atoms with van der Waals surface area (Å²) in [6.07, 6.45) is 2.01. The third-order valence-corrected chi connectivity index (χ3v) is 14.5. The van der Waals surface area contributed by atoms with Crippen LogP contribution in [0.15, 0.2) is 77.5 Å². The third-order valence-electron chi connectivity index (χ3n) is 12.0. The zero-order valence-electron chi connectivity index (χ0n) is 34.3. The molecule has 3 saturated heterocycles. The fourth-order valence-electron chi connectivity index (χ4n) is 8.51. The van der Waals surface area contributed by atoms with E-state index in [4.69, 9.17) is 14.2 Å². The summed E-state index contributed by atoms with van der Waals surface area (Å²) in [4.78, 5) is 28.4. The number of piperidine rings is 1. The van der Waals surface area contributed by atoms with Crippen molar-refractivity contribution in [1.29, 1.82) is 0 Å². The highest BCUT2D eigenvalue weighted by Gasteiger charge is 2.71. The minimum atomic E-state index is -3.57. The van der Waals surface area contributed by atoms with E-state index in [1.165, 1.54) is 40.9 Å². The molecule has 2 bridgehead atoms. The molecule has 4 aliphatic heterocycles. The number of sulfonamides is 1. The van der Waals surface area contributed by atoms with Crippen molar-refractivity contribution < 1.29 is 64.4 Å². The predicted octanol–water partition coefficient (Wildman–Crippen LogP) is 2.62. The summed E-state index contributed by atoms with van der Waals surface area (Å²) in [6.45, 7) is 6.41. The number of fused-ring (bicyclic) bond motifs is 6. The Balaban J connectivity index is 0.000000202. The van der Waals surface area contributed by atoms with E-state index in [0.29, 0.717) is 52.6 Å². The Morgan fingerprint density at radius 3 is 2.22 bits per heavy atom. The molecule has 3 unspecified atom stereocenters. The largest absolute Gasteiger partial charge is 1.00 e. The number of carbonyl (C=O) groups excluding carboxylic acids is 2. The Bertz CT molecular complexity index is 2200. The van der Waals surface area contributed by atoms with Crippen molar-refractivity contribution in [3.8, 4) is 5.75 Å². The van der Waals surface area contributed by atoms with Gasteiger partial charge in [-0.25, -0.2) is 18.0 Å². The van der Waals surface area contributed by atoms with Gasteiger partial charge in [-0.15, -0.1) is 22.7 Å². The number of aliphatic hydroxyl groups excluding tert-OH is 1. The Morgan fingerprint density at radius 1 is 1.02 bits per heavy atom. The second-order valence-corrected chi connectivity index (χ2v) is 20.6. The molecule has 5 N–H and O–H groups in total. The number of quaternary nitrogens is 1. The molecule has 0 saturated carbocycles. The van der Waals surface area contributed by atoms with Crippen molar-refractivity contribution in [1.82, 2.24) is 5.32 Å². The molecule has 0 aliphatic carbocycles. The number of halogens is 1. The Morgan fingerprint density at radius 2 is 1.63 bits per heavy atom. The number of para-hydroxylation sites is 1. The number of amides is 1. The number of hydrogen-bond donors (Lipinski definition) is 5. The number of likely N-dealkylation sites (N-methyl/N-ethyl adjacent to an activating group) is 1.